The fourth-order valence-electron chi connectivity index (χ4n) is 4.39. The van der Waals surface area contributed by atoms with Gasteiger partial charge in [-0.15, -0.1) is 0 Å². The van der Waals surface area contributed by atoms with Crippen molar-refractivity contribution >= 4 is 23.1 Å². The summed E-state index contributed by atoms with van der Waals surface area (Å²) in [5.41, 5.74) is 0.818. The van der Waals surface area contributed by atoms with E-state index in [1.807, 2.05) is 0 Å². The summed E-state index contributed by atoms with van der Waals surface area (Å²) in [6.07, 6.45) is -1.98. The lowest BCUT2D eigenvalue weighted by Crippen LogP contribution is -2.45. The molecule has 1 aliphatic carbocycles. The summed E-state index contributed by atoms with van der Waals surface area (Å²) >= 11 is 0. The van der Waals surface area contributed by atoms with Crippen LogP contribution in [0, 0.1) is 0 Å². The predicted molar refractivity (Wildman–Crippen MR) is 108 cm³/mol. The monoisotopic (exact) mass is 442 g/mol. The number of amides is 1. The number of nitrogens with zero attached hydrogens (tertiary/aromatic N) is 1. The molecule has 2 atom stereocenters. The van der Waals surface area contributed by atoms with Crippen molar-refractivity contribution in [3.05, 3.63) is 83.8 Å². The first-order chi connectivity index (χ1) is 15.3. The Morgan fingerprint density at radius 2 is 1.66 bits per heavy atom. The molecule has 9 heteroatoms. The number of fused-ring (bicyclic) bond motifs is 1. The van der Waals surface area contributed by atoms with Crippen LogP contribution in [-0.4, -0.2) is 17.9 Å². The van der Waals surface area contributed by atoms with Gasteiger partial charge in [0, 0.05) is 23.6 Å². The second-order valence-electron chi connectivity index (χ2n) is 7.67. The first-order valence-electron chi connectivity index (χ1n) is 9.94. The van der Waals surface area contributed by atoms with Crippen molar-refractivity contribution in [1.82, 2.24) is 0 Å². The highest BCUT2D eigenvalue weighted by Gasteiger charge is 2.50. The molecule has 3 aromatic rings. The Labute approximate surface area is 180 Å². The third-order valence-electron chi connectivity index (χ3n) is 5.71. The molecule has 0 fully saturated rings. The number of ketones is 1. The minimum absolute atomic E-state index is 0.00738. The van der Waals surface area contributed by atoms with E-state index in [-0.39, 0.29) is 35.1 Å². The number of allylic oxidation sites excluding steroid dienone is 1. The van der Waals surface area contributed by atoms with Crippen LogP contribution in [0.3, 0.4) is 0 Å². The first kappa shape index (κ1) is 20.2. The van der Waals surface area contributed by atoms with Gasteiger partial charge in [-0.3, -0.25) is 14.5 Å². The van der Waals surface area contributed by atoms with Gasteiger partial charge in [-0.2, -0.15) is 13.2 Å². The van der Waals surface area contributed by atoms with E-state index in [1.165, 1.54) is 36.8 Å². The minimum Gasteiger partial charge on any atom is -0.469 e. The second-order valence-corrected chi connectivity index (χ2v) is 7.67. The summed E-state index contributed by atoms with van der Waals surface area (Å²) in [4.78, 5) is 26.6. The third kappa shape index (κ3) is 3.30. The van der Waals surface area contributed by atoms with Crippen molar-refractivity contribution in [3.63, 3.8) is 0 Å². The van der Waals surface area contributed by atoms with Gasteiger partial charge in [0.05, 0.1) is 23.9 Å². The van der Waals surface area contributed by atoms with Crippen molar-refractivity contribution in [2.45, 2.75) is 31.0 Å². The summed E-state index contributed by atoms with van der Waals surface area (Å²) in [5, 5.41) is 3.13. The zero-order valence-corrected chi connectivity index (χ0v) is 16.6. The molecule has 0 saturated heterocycles. The molecule has 3 heterocycles. The molecule has 1 N–H and O–H groups in total. The van der Waals surface area contributed by atoms with Crippen molar-refractivity contribution in [3.8, 4) is 0 Å². The van der Waals surface area contributed by atoms with E-state index in [2.05, 4.69) is 5.32 Å². The lowest BCUT2D eigenvalue weighted by molar-refractivity contribution is -0.171. The number of anilines is 2. The lowest BCUT2D eigenvalue weighted by atomic mass is 9.81. The number of hydrogen-bond acceptors (Lipinski definition) is 5. The summed E-state index contributed by atoms with van der Waals surface area (Å²) in [5.74, 6) is -2.06. The molecule has 6 nitrogen and oxygen atoms in total. The third-order valence-corrected chi connectivity index (χ3v) is 5.71. The maximum absolute atomic E-state index is 13.7. The Bertz CT molecular complexity index is 1200. The number of Topliss-reactive ketones (excluding diaryl/α,β-unsaturated/α-hetero) is 1. The number of para-hydroxylation sites is 2. The molecule has 0 unspecified atom stereocenters. The molecule has 1 aliphatic heterocycles. The molecule has 32 heavy (non-hydrogen) atoms. The van der Waals surface area contributed by atoms with Crippen LogP contribution in [-0.2, 0) is 9.59 Å². The van der Waals surface area contributed by atoms with E-state index in [4.69, 9.17) is 8.83 Å². The van der Waals surface area contributed by atoms with E-state index in [0.717, 1.165) is 0 Å². The smallest absolute Gasteiger partial charge is 0.469 e. The van der Waals surface area contributed by atoms with Crippen molar-refractivity contribution < 1.29 is 31.6 Å². The van der Waals surface area contributed by atoms with Crippen LogP contribution < -0.4 is 10.2 Å². The van der Waals surface area contributed by atoms with Gasteiger partial charge in [-0.25, -0.2) is 0 Å². The number of rotatable bonds is 2. The Kier molecular flexibility index (Phi) is 4.69. The summed E-state index contributed by atoms with van der Waals surface area (Å²) < 4.78 is 52.0. The van der Waals surface area contributed by atoms with Gasteiger partial charge in [-0.1, -0.05) is 12.1 Å². The molecule has 2 aromatic heterocycles. The van der Waals surface area contributed by atoms with E-state index in [1.54, 1.807) is 24.3 Å². The Balaban J connectivity index is 1.73. The molecule has 0 saturated carbocycles. The average Bonchev–Trinajstić information content (AvgIpc) is 3.44. The van der Waals surface area contributed by atoms with E-state index >= 15 is 0 Å². The van der Waals surface area contributed by atoms with Gasteiger partial charge in [0.2, 0.25) is 0 Å². The fourth-order valence-corrected chi connectivity index (χ4v) is 4.39. The number of furan rings is 2. The molecule has 5 rings (SSSR count). The largest absolute Gasteiger partial charge is 0.471 e. The minimum atomic E-state index is -5.16. The van der Waals surface area contributed by atoms with E-state index in [9.17, 15) is 22.8 Å². The van der Waals surface area contributed by atoms with Crippen LogP contribution in [0.2, 0.25) is 0 Å². The van der Waals surface area contributed by atoms with Crippen molar-refractivity contribution in [2.75, 3.05) is 10.2 Å². The number of nitrogens with one attached hydrogen (secondary N) is 1. The van der Waals surface area contributed by atoms with Gasteiger partial charge >= 0.3 is 12.1 Å². The van der Waals surface area contributed by atoms with Crippen LogP contribution >= 0.6 is 0 Å². The normalized spacial score (nSPS) is 21.0. The van der Waals surface area contributed by atoms with Gasteiger partial charge in [0.1, 0.15) is 17.6 Å². The second kappa shape index (κ2) is 7.44. The molecule has 2 aliphatic rings. The summed E-state index contributed by atoms with van der Waals surface area (Å²) in [6.45, 7) is 0. The zero-order chi connectivity index (χ0) is 22.5. The standard InChI is InChI=1S/C23H17F3N2O4/c24-23(25,26)22(30)28-16-6-2-1-5-14(16)27-15-11-13(18-7-3-9-31-18)12-17(29)20(15)21(28)19-8-4-10-32-19/h1-10,13,21,27H,11-12H2/t13-,21+/m0/s1. The van der Waals surface area contributed by atoms with Gasteiger partial charge in [0.15, 0.2) is 5.78 Å². The molecular formula is C23H17F3N2O4. The Hall–Kier alpha value is -3.75. The van der Waals surface area contributed by atoms with E-state index in [0.29, 0.717) is 28.5 Å². The van der Waals surface area contributed by atoms with Gasteiger partial charge < -0.3 is 14.2 Å². The predicted octanol–water partition coefficient (Wildman–Crippen LogP) is 5.34. The Morgan fingerprint density at radius 1 is 0.969 bits per heavy atom. The molecular weight excluding hydrogens is 425 g/mol. The highest BCUT2D eigenvalue weighted by atomic mass is 19.4. The van der Waals surface area contributed by atoms with Gasteiger partial charge in [0.25, 0.3) is 0 Å². The first-order valence-corrected chi connectivity index (χ1v) is 9.94. The number of benzene rings is 1. The number of hydrogen-bond donors (Lipinski definition) is 1. The van der Waals surface area contributed by atoms with Crippen molar-refractivity contribution in [1.29, 1.82) is 0 Å². The highest BCUT2D eigenvalue weighted by Crippen LogP contribution is 2.48. The molecule has 0 spiro atoms. The summed E-state index contributed by atoms with van der Waals surface area (Å²) in [7, 11) is 0. The van der Waals surface area contributed by atoms with Crippen LogP contribution in [0.25, 0.3) is 0 Å². The number of halogens is 3. The van der Waals surface area contributed by atoms with Crippen LogP contribution in [0.15, 0.2) is 81.2 Å². The highest BCUT2D eigenvalue weighted by molar-refractivity contribution is 6.07. The molecule has 1 aromatic carbocycles. The fraction of sp³-hybridized carbons (Fsp3) is 0.217. The number of alkyl halides is 3. The summed E-state index contributed by atoms with van der Waals surface area (Å²) in [6, 6.07) is 11.2. The molecule has 0 bridgehead atoms. The lowest BCUT2D eigenvalue weighted by Gasteiger charge is -2.33. The molecule has 0 radical (unpaired) electrons. The SMILES string of the molecule is O=C1C[C@@H](c2ccco2)CC2=C1[C@@H](c1ccco1)N(C(=O)C(F)(F)F)c1ccccc1N2. The molecule has 1 amide bonds. The molecule has 164 valence electrons. The maximum atomic E-state index is 13.7. The average molecular weight is 442 g/mol. The van der Waals surface area contributed by atoms with Crippen molar-refractivity contribution in [2.24, 2.45) is 0 Å². The topological polar surface area (TPSA) is 75.7 Å². The Morgan fingerprint density at radius 3 is 2.31 bits per heavy atom. The quantitative estimate of drug-likeness (QED) is 0.580. The maximum Gasteiger partial charge on any atom is 0.471 e. The number of carbonyl (C=O) groups excluding carboxylic acids is 2. The number of carbonyl (C=O) groups is 2. The zero-order valence-electron chi connectivity index (χ0n) is 16.6. The van der Waals surface area contributed by atoms with Crippen LogP contribution in [0.5, 0.6) is 0 Å². The van der Waals surface area contributed by atoms with Crippen LogP contribution in [0.1, 0.15) is 36.3 Å². The van der Waals surface area contributed by atoms with Gasteiger partial charge in [-0.05, 0) is 42.8 Å². The van der Waals surface area contributed by atoms with E-state index < -0.39 is 18.1 Å². The van der Waals surface area contributed by atoms with Crippen LogP contribution in [0.4, 0.5) is 24.5 Å².